The molecule has 4 N–H and O–H groups in total. The van der Waals surface area contributed by atoms with Crippen LogP contribution in [0.15, 0.2) is 12.1 Å². The van der Waals surface area contributed by atoms with E-state index in [4.69, 9.17) is 17.3 Å². The van der Waals surface area contributed by atoms with E-state index in [0.717, 1.165) is 44.5 Å². The van der Waals surface area contributed by atoms with Crippen LogP contribution < -0.4 is 10.2 Å². The van der Waals surface area contributed by atoms with Crippen LogP contribution in [0.3, 0.4) is 0 Å². The number of aliphatic hydroxyl groups is 1. The molecule has 2 saturated heterocycles. The van der Waals surface area contributed by atoms with E-state index in [1.165, 1.54) is 0 Å². The maximum absolute atomic E-state index is 14.6. The summed E-state index contributed by atoms with van der Waals surface area (Å²) in [5.74, 6) is -2.12. The average Bonchev–Trinajstić information content (AvgIpc) is 3.59. The molecular weight excluding hydrogens is 479 g/mol. The van der Waals surface area contributed by atoms with E-state index in [1.54, 1.807) is 11.8 Å². The zero-order valence-corrected chi connectivity index (χ0v) is 20.6. The highest BCUT2D eigenvalue weighted by atomic mass is 35.5. The number of primary amides is 1. The van der Waals surface area contributed by atoms with Crippen LogP contribution in [0.25, 0.3) is 0 Å². The molecule has 0 bridgehead atoms. The summed E-state index contributed by atoms with van der Waals surface area (Å²) < 4.78 is 13.9. The molecule has 3 aliphatic rings. The van der Waals surface area contributed by atoms with E-state index in [0.29, 0.717) is 19.5 Å². The molecule has 2 heterocycles. The molecule has 0 radical (unpaired) electrons. The van der Waals surface area contributed by atoms with Gasteiger partial charge in [-0.1, -0.05) is 11.6 Å². The number of amides is 3. The number of aliphatic hydroxyl groups excluding tert-OH is 1. The van der Waals surface area contributed by atoms with Gasteiger partial charge in [-0.3, -0.25) is 9.59 Å². The fourth-order valence-electron chi connectivity index (χ4n) is 5.71. The van der Waals surface area contributed by atoms with Gasteiger partial charge in [0.1, 0.15) is 23.4 Å². The van der Waals surface area contributed by atoms with Crippen molar-refractivity contribution < 1.29 is 29.0 Å². The summed E-state index contributed by atoms with van der Waals surface area (Å²) in [6.45, 7) is 4.55. The predicted molar refractivity (Wildman–Crippen MR) is 129 cm³/mol. The number of carbonyl (C=O) groups is 3. The summed E-state index contributed by atoms with van der Waals surface area (Å²) in [6, 6.07) is 1.37. The fourth-order valence-corrected chi connectivity index (χ4v) is 6.03. The molecule has 1 aromatic rings. The third-order valence-corrected chi connectivity index (χ3v) is 8.50. The molecule has 3 amide bonds. The number of carboxylic acid groups (broad SMARTS) is 1. The molecule has 1 spiro atoms. The minimum absolute atomic E-state index is 0.0138. The van der Waals surface area contributed by atoms with Gasteiger partial charge in [-0.25, -0.2) is 4.39 Å². The van der Waals surface area contributed by atoms with E-state index in [1.807, 2.05) is 0 Å². The summed E-state index contributed by atoms with van der Waals surface area (Å²) >= 11 is 6.33. The summed E-state index contributed by atoms with van der Waals surface area (Å²) in [5, 5.41) is 20.6. The second-order valence-electron chi connectivity index (χ2n) is 10.2. The molecule has 0 aromatic heterocycles. The molecule has 3 atom stereocenters. The normalized spacial score (nSPS) is 28.7. The van der Waals surface area contributed by atoms with Crippen LogP contribution >= 0.6 is 11.6 Å². The first-order valence-corrected chi connectivity index (χ1v) is 12.5. The van der Waals surface area contributed by atoms with Crippen molar-refractivity contribution in [3.8, 4) is 0 Å². The van der Waals surface area contributed by atoms with Crippen LogP contribution in [-0.2, 0) is 4.79 Å². The number of nitrogens with zero attached hydrogens (tertiary/aromatic N) is 3. The molecular formula is C24H33ClFN4O5+. The minimum atomic E-state index is -1.25. The number of rotatable bonds is 6. The Labute approximate surface area is 208 Å². The number of β-amino-alcohol motifs (C(OH)–C–C–N with tert-alkyl or cyclic N) is 1. The Morgan fingerprint density at radius 2 is 1.97 bits per heavy atom. The molecule has 1 saturated carbocycles. The van der Waals surface area contributed by atoms with Gasteiger partial charge in [0.15, 0.2) is 5.69 Å². The number of halogens is 2. The van der Waals surface area contributed by atoms with Crippen molar-refractivity contribution >= 4 is 35.2 Å². The van der Waals surface area contributed by atoms with Crippen LogP contribution in [0.4, 0.5) is 14.9 Å². The summed E-state index contributed by atoms with van der Waals surface area (Å²) in [6.07, 6.45) is 2.31. The SMILES string of the molecule is C[C@@H]1CN(CCCN2CCC3(CC3)[C@H](O)C2)C(=O)CC[N+]1(C(=O)O)c1cc(F)c(C(N)=O)cc1Cl. The number of nitrogens with two attached hydrogens (primary N) is 1. The maximum Gasteiger partial charge on any atom is 0.519 e. The zero-order chi connectivity index (χ0) is 25.5. The topological polar surface area (TPSA) is 124 Å². The molecule has 1 aromatic carbocycles. The first-order chi connectivity index (χ1) is 16.5. The van der Waals surface area contributed by atoms with Crippen LogP contribution in [0.5, 0.6) is 0 Å². The molecule has 35 heavy (non-hydrogen) atoms. The van der Waals surface area contributed by atoms with E-state index in [2.05, 4.69) is 4.90 Å². The van der Waals surface area contributed by atoms with Crippen LogP contribution in [0, 0.1) is 11.2 Å². The number of piperidine rings is 1. The molecule has 2 aliphatic heterocycles. The van der Waals surface area contributed by atoms with E-state index < -0.39 is 33.9 Å². The third kappa shape index (κ3) is 4.76. The van der Waals surface area contributed by atoms with Crippen molar-refractivity contribution in [2.75, 3.05) is 39.3 Å². The van der Waals surface area contributed by atoms with Gasteiger partial charge < -0.3 is 25.7 Å². The molecule has 1 unspecified atom stereocenters. The smallest absolute Gasteiger partial charge is 0.435 e. The third-order valence-electron chi connectivity index (χ3n) is 8.20. The first kappa shape index (κ1) is 25.8. The zero-order valence-electron chi connectivity index (χ0n) is 19.9. The number of quaternary nitrogens is 1. The van der Waals surface area contributed by atoms with Crippen LogP contribution in [0.1, 0.15) is 49.4 Å². The average molecular weight is 512 g/mol. The van der Waals surface area contributed by atoms with Crippen molar-refractivity contribution in [3.05, 3.63) is 28.5 Å². The predicted octanol–water partition coefficient (Wildman–Crippen LogP) is 2.42. The number of benzene rings is 1. The number of carbonyl (C=O) groups excluding carboxylic acids is 2. The summed E-state index contributed by atoms with van der Waals surface area (Å²) in [4.78, 5) is 40.9. The molecule has 11 heteroatoms. The van der Waals surface area contributed by atoms with E-state index >= 15 is 0 Å². The van der Waals surface area contributed by atoms with Gasteiger partial charge in [0.05, 0.1) is 24.6 Å². The Kier molecular flexibility index (Phi) is 7.11. The number of hydrogen-bond donors (Lipinski definition) is 3. The Morgan fingerprint density at radius 1 is 1.26 bits per heavy atom. The van der Waals surface area contributed by atoms with Crippen molar-refractivity contribution in [2.24, 2.45) is 11.1 Å². The highest BCUT2D eigenvalue weighted by molar-refractivity contribution is 6.33. The van der Waals surface area contributed by atoms with Gasteiger partial charge in [-0.15, -0.1) is 0 Å². The van der Waals surface area contributed by atoms with Gasteiger partial charge in [-0.2, -0.15) is 9.28 Å². The lowest BCUT2D eigenvalue weighted by atomic mass is 9.90. The second-order valence-corrected chi connectivity index (χ2v) is 10.7. The largest absolute Gasteiger partial charge is 0.519 e. The van der Waals surface area contributed by atoms with Crippen molar-refractivity contribution in [1.29, 1.82) is 0 Å². The molecule has 3 fully saturated rings. The molecule has 9 nitrogen and oxygen atoms in total. The molecule has 1 aliphatic carbocycles. The van der Waals surface area contributed by atoms with Crippen molar-refractivity contribution in [2.45, 2.75) is 51.2 Å². The molecule has 4 rings (SSSR count). The lowest BCUT2D eigenvalue weighted by molar-refractivity contribution is -0.130. The van der Waals surface area contributed by atoms with E-state index in [9.17, 15) is 29.0 Å². The van der Waals surface area contributed by atoms with Crippen molar-refractivity contribution in [3.63, 3.8) is 0 Å². The van der Waals surface area contributed by atoms with Gasteiger partial charge in [-0.05, 0) is 57.2 Å². The number of likely N-dealkylation sites (tertiary alicyclic amines) is 1. The lowest BCUT2D eigenvalue weighted by Gasteiger charge is -2.37. The Balaban J connectivity index is 1.47. The Hall–Kier alpha value is -2.27. The second kappa shape index (κ2) is 9.65. The minimum Gasteiger partial charge on any atom is -0.435 e. The lowest BCUT2D eigenvalue weighted by Crippen LogP contribution is -2.61. The highest BCUT2D eigenvalue weighted by Gasteiger charge is 2.51. The van der Waals surface area contributed by atoms with Gasteiger partial charge in [0, 0.05) is 19.2 Å². The van der Waals surface area contributed by atoms with E-state index in [-0.39, 0.29) is 47.6 Å². The maximum atomic E-state index is 14.6. The Morgan fingerprint density at radius 3 is 2.57 bits per heavy atom. The van der Waals surface area contributed by atoms with Gasteiger partial charge in [0.2, 0.25) is 5.91 Å². The Bertz CT molecular complexity index is 1040. The first-order valence-electron chi connectivity index (χ1n) is 12.1. The summed E-state index contributed by atoms with van der Waals surface area (Å²) in [5.41, 5.74) is 4.90. The highest BCUT2D eigenvalue weighted by Crippen LogP contribution is 2.53. The molecule has 192 valence electrons. The van der Waals surface area contributed by atoms with Gasteiger partial charge >= 0.3 is 6.09 Å². The number of hydrogen-bond acceptors (Lipinski definition) is 5. The summed E-state index contributed by atoms with van der Waals surface area (Å²) in [7, 11) is 0. The quantitative estimate of drug-likeness (QED) is 0.504. The van der Waals surface area contributed by atoms with Crippen LogP contribution in [-0.4, -0.2) is 89.3 Å². The monoisotopic (exact) mass is 511 g/mol. The van der Waals surface area contributed by atoms with Crippen molar-refractivity contribution in [1.82, 2.24) is 14.3 Å². The fraction of sp³-hybridized carbons (Fsp3) is 0.625. The standard InChI is InChI=1S/C24H32ClFN4O5/c1-15-13-29(8-2-7-28-9-6-24(4-5-24)20(31)14-28)21(32)3-10-30(15,23(34)35)19-12-18(26)16(22(27)33)11-17(19)25/h11-12,15,20,31H,2-10,13-14H2,1H3,(H2-,27,33,34,35)/p+1/t15-,20-,30?/m1/s1. The van der Waals surface area contributed by atoms with Crippen LogP contribution in [0.2, 0.25) is 5.02 Å². The van der Waals surface area contributed by atoms with Gasteiger partial charge in [0.25, 0.3) is 5.91 Å².